The van der Waals surface area contributed by atoms with Crippen LogP contribution in [0.25, 0.3) is 0 Å². The number of thiophene rings is 1. The SMILES string of the molecule is Cc1cccc(C(Cc2cccs2)NN)c1F. The molecule has 0 aliphatic rings. The molecule has 0 amide bonds. The van der Waals surface area contributed by atoms with Crippen molar-refractivity contribution >= 4 is 11.3 Å². The van der Waals surface area contributed by atoms with Gasteiger partial charge in [-0.15, -0.1) is 11.3 Å². The third-order valence-corrected chi connectivity index (χ3v) is 3.68. The van der Waals surface area contributed by atoms with Crippen LogP contribution in [0.1, 0.15) is 22.0 Å². The zero-order chi connectivity index (χ0) is 12.3. The molecular weight excluding hydrogens is 235 g/mol. The number of hydrogen-bond donors (Lipinski definition) is 2. The van der Waals surface area contributed by atoms with Gasteiger partial charge in [-0.05, 0) is 23.9 Å². The normalized spacial score (nSPS) is 12.6. The van der Waals surface area contributed by atoms with Crippen LogP contribution in [0.15, 0.2) is 35.7 Å². The molecule has 90 valence electrons. The van der Waals surface area contributed by atoms with Crippen molar-refractivity contribution in [1.82, 2.24) is 5.43 Å². The zero-order valence-electron chi connectivity index (χ0n) is 9.61. The molecule has 1 unspecified atom stereocenters. The number of hydrazine groups is 1. The molecule has 0 bridgehead atoms. The van der Waals surface area contributed by atoms with Crippen molar-refractivity contribution in [3.63, 3.8) is 0 Å². The first kappa shape index (κ1) is 12.2. The lowest BCUT2D eigenvalue weighted by Gasteiger charge is -2.17. The standard InChI is InChI=1S/C13H15FN2S/c1-9-4-2-6-11(13(9)14)12(16-15)8-10-5-3-7-17-10/h2-7,12,16H,8,15H2,1H3. The Bertz CT molecular complexity index is 482. The van der Waals surface area contributed by atoms with Crippen LogP contribution in [-0.2, 0) is 6.42 Å². The van der Waals surface area contributed by atoms with Crippen LogP contribution in [-0.4, -0.2) is 0 Å². The molecule has 0 radical (unpaired) electrons. The maximum atomic E-state index is 14.0. The molecular formula is C13H15FN2S. The number of nitrogens with one attached hydrogen (secondary N) is 1. The lowest BCUT2D eigenvalue weighted by atomic mass is 10.0. The van der Waals surface area contributed by atoms with Crippen molar-refractivity contribution in [2.24, 2.45) is 5.84 Å². The number of hydrogen-bond acceptors (Lipinski definition) is 3. The summed E-state index contributed by atoms with van der Waals surface area (Å²) in [5.74, 6) is 5.35. The summed E-state index contributed by atoms with van der Waals surface area (Å²) in [6.07, 6.45) is 0.703. The Labute approximate surface area is 104 Å². The second-order valence-corrected chi connectivity index (χ2v) is 5.01. The molecule has 0 saturated carbocycles. The third kappa shape index (κ3) is 2.72. The van der Waals surface area contributed by atoms with E-state index in [0.29, 0.717) is 17.5 Å². The van der Waals surface area contributed by atoms with Gasteiger partial charge in [0.1, 0.15) is 5.82 Å². The molecule has 1 heterocycles. The lowest BCUT2D eigenvalue weighted by Crippen LogP contribution is -2.30. The monoisotopic (exact) mass is 250 g/mol. The molecule has 1 aromatic heterocycles. The van der Waals surface area contributed by atoms with Crippen LogP contribution in [0, 0.1) is 12.7 Å². The smallest absolute Gasteiger partial charge is 0.130 e. The third-order valence-electron chi connectivity index (χ3n) is 2.78. The Kier molecular flexibility index (Phi) is 3.89. The Morgan fingerprint density at radius 1 is 1.35 bits per heavy atom. The van der Waals surface area contributed by atoms with Crippen LogP contribution in [0.5, 0.6) is 0 Å². The van der Waals surface area contributed by atoms with Gasteiger partial charge in [0.25, 0.3) is 0 Å². The highest BCUT2D eigenvalue weighted by Crippen LogP contribution is 2.24. The van der Waals surface area contributed by atoms with Crippen molar-refractivity contribution < 1.29 is 4.39 Å². The maximum Gasteiger partial charge on any atom is 0.130 e. The van der Waals surface area contributed by atoms with Crippen molar-refractivity contribution in [2.75, 3.05) is 0 Å². The Morgan fingerprint density at radius 2 is 2.18 bits per heavy atom. The molecule has 0 spiro atoms. The van der Waals surface area contributed by atoms with Gasteiger partial charge in [-0.25, -0.2) is 4.39 Å². The quantitative estimate of drug-likeness (QED) is 0.647. The summed E-state index contributed by atoms with van der Waals surface area (Å²) in [5.41, 5.74) is 3.96. The molecule has 1 atom stereocenters. The van der Waals surface area contributed by atoms with E-state index in [9.17, 15) is 4.39 Å². The average molecular weight is 250 g/mol. The second-order valence-electron chi connectivity index (χ2n) is 3.98. The van der Waals surface area contributed by atoms with Gasteiger partial charge >= 0.3 is 0 Å². The van der Waals surface area contributed by atoms with E-state index in [-0.39, 0.29) is 11.9 Å². The molecule has 0 aliphatic heterocycles. The molecule has 2 aromatic rings. The fraction of sp³-hybridized carbons (Fsp3) is 0.231. The van der Waals surface area contributed by atoms with E-state index < -0.39 is 0 Å². The molecule has 2 rings (SSSR count). The molecule has 3 N–H and O–H groups in total. The summed E-state index contributed by atoms with van der Waals surface area (Å²) in [6.45, 7) is 1.76. The van der Waals surface area contributed by atoms with E-state index in [1.807, 2.05) is 23.6 Å². The number of nitrogens with two attached hydrogens (primary N) is 1. The van der Waals surface area contributed by atoms with Crippen LogP contribution >= 0.6 is 11.3 Å². The fourth-order valence-electron chi connectivity index (χ4n) is 1.83. The summed E-state index contributed by atoms with van der Waals surface area (Å²) >= 11 is 1.65. The van der Waals surface area contributed by atoms with E-state index >= 15 is 0 Å². The first-order chi connectivity index (χ1) is 8.22. The van der Waals surface area contributed by atoms with Gasteiger partial charge in [-0.1, -0.05) is 24.3 Å². The minimum atomic E-state index is -0.187. The largest absolute Gasteiger partial charge is 0.271 e. The van der Waals surface area contributed by atoms with Gasteiger partial charge in [0.15, 0.2) is 0 Å². The van der Waals surface area contributed by atoms with Gasteiger partial charge in [0.2, 0.25) is 0 Å². The average Bonchev–Trinajstić information content (AvgIpc) is 2.83. The van der Waals surface area contributed by atoms with Crippen LogP contribution in [0.4, 0.5) is 4.39 Å². The van der Waals surface area contributed by atoms with Gasteiger partial charge in [-0.3, -0.25) is 11.3 Å². The van der Waals surface area contributed by atoms with Crippen LogP contribution in [0.3, 0.4) is 0 Å². The molecule has 0 aliphatic carbocycles. The predicted molar refractivity (Wildman–Crippen MR) is 69.2 cm³/mol. The van der Waals surface area contributed by atoms with Crippen LogP contribution in [0.2, 0.25) is 0 Å². The molecule has 4 heteroatoms. The van der Waals surface area contributed by atoms with E-state index in [4.69, 9.17) is 5.84 Å². The summed E-state index contributed by atoms with van der Waals surface area (Å²) in [6, 6.07) is 9.22. The highest BCUT2D eigenvalue weighted by atomic mass is 32.1. The van der Waals surface area contributed by atoms with E-state index in [2.05, 4.69) is 5.43 Å². The highest BCUT2D eigenvalue weighted by molar-refractivity contribution is 7.09. The number of halogens is 1. The molecule has 0 fully saturated rings. The Hall–Kier alpha value is -1.23. The van der Waals surface area contributed by atoms with Crippen LogP contribution < -0.4 is 11.3 Å². The van der Waals surface area contributed by atoms with E-state index in [1.165, 1.54) is 4.88 Å². The summed E-state index contributed by atoms with van der Waals surface area (Å²) in [4.78, 5) is 1.19. The highest BCUT2D eigenvalue weighted by Gasteiger charge is 2.16. The second kappa shape index (κ2) is 5.40. The Balaban J connectivity index is 2.26. The summed E-state index contributed by atoms with van der Waals surface area (Å²) in [5, 5.41) is 2.01. The van der Waals surface area contributed by atoms with Gasteiger partial charge in [0.05, 0.1) is 6.04 Å². The predicted octanol–water partition coefficient (Wildman–Crippen LogP) is 2.94. The van der Waals surface area contributed by atoms with Gasteiger partial charge in [0, 0.05) is 16.9 Å². The number of rotatable bonds is 4. The van der Waals surface area contributed by atoms with Crippen molar-refractivity contribution in [3.8, 4) is 0 Å². The molecule has 2 nitrogen and oxygen atoms in total. The maximum absolute atomic E-state index is 14.0. The minimum Gasteiger partial charge on any atom is -0.271 e. The number of aryl methyl sites for hydroxylation is 1. The van der Waals surface area contributed by atoms with Crippen molar-refractivity contribution in [3.05, 3.63) is 57.5 Å². The first-order valence-corrected chi connectivity index (χ1v) is 6.34. The van der Waals surface area contributed by atoms with Gasteiger partial charge < -0.3 is 0 Å². The summed E-state index contributed by atoms with van der Waals surface area (Å²) in [7, 11) is 0. The molecule has 0 saturated heterocycles. The first-order valence-electron chi connectivity index (χ1n) is 5.46. The van der Waals surface area contributed by atoms with E-state index in [0.717, 1.165) is 0 Å². The minimum absolute atomic E-state index is 0.174. The Morgan fingerprint density at radius 3 is 2.82 bits per heavy atom. The zero-order valence-corrected chi connectivity index (χ0v) is 10.4. The topological polar surface area (TPSA) is 38.0 Å². The summed E-state index contributed by atoms with van der Waals surface area (Å²) < 4.78 is 14.0. The fourth-order valence-corrected chi connectivity index (χ4v) is 2.58. The molecule has 17 heavy (non-hydrogen) atoms. The van der Waals surface area contributed by atoms with Crippen molar-refractivity contribution in [1.29, 1.82) is 0 Å². The van der Waals surface area contributed by atoms with Gasteiger partial charge in [-0.2, -0.15) is 0 Å². The molecule has 1 aromatic carbocycles. The number of benzene rings is 1. The van der Waals surface area contributed by atoms with Crippen molar-refractivity contribution in [2.45, 2.75) is 19.4 Å². The lowest BCUT2D eigenvalue weighted by molar-refractivity contribution is 0.510. The van der Waals surface area contributed by atoms with E-state index in [1.54, 1.807) is 30.4 Å².